The van der Waals surface area contributed by atoms with Gasteiger partial charge in [0.05, 0.1) is 11.3 Å². The average Bonchev–Trinajstić information content (AvgIpc) is 2.39. The van der Waals surface area contributed by atoms with Crippen LogP contribution in [0.15, 0.2) is 24.3 Å². The Morgan fingerprint density at radius 1 is 1.33 bits per heavy atom. The first-order chi connectivity index (χ1) is 6.93. The Kier molecular flexibility index (Phi) is 0.796. The van der Waals surface area contributed by atoms with Crippen molar-refractivity contribution < 1.29 is 13.7 Å². The smallest absolute Gasteiger partial charge is 0.299 e. The van der Waals surface area contributed by atoms with Gasteiger partial charge in [-0.05, 0) is 12.1 Å². The summed E-state index contributed by atoms with van der Waals surface area (Å²) in [5, 5.41) is 0. The minimum Gasteiger partial charge on any atom is -0.308 e. The van der Waals surface area contributed by atoms with Crippen LogP contribution < -0.4 is 4.90 Å². The van der Waals surface area contributed by atoms with E-state index >= 15 is 0 Å². The summed E-state index contributed by atoms with van der Waals surface area (Å²) in [6.07, 6.45) is 0. The number of amides is 1. The standard InChI is InChI=1S/C9H7NO2/c1-10-7-5-3-2-4-6(7)8(11)9(10)12/h2-5H,1H3/i1D3. The summed E-state index contributed by atoms with van der Waals surface area (Å²) >= 11 is 0. The Bertz CT molecular complexity index is 453. The number of carbonyl (C=O) groups is 2. The Hall–Kier alpha value is -1.64. The molecule has 1 aromatic carbocycles. The third kappa shape index (κ3) is 0.704. The van der Waals surface area contributed by atoms with Crippen LogP contribution in [0.3, 0.4) is 0 Å². The molecular weight excluding hydrogens is 154 g/mol. The predicted octanol–water partition coefficient (Wildman–Crippen LogP) is 0.846. The zero-order valence-electron chi connectivity index (χ0n) is 9.07. The van der Waals surface area contributed by atoms with E-state index in [9.17, 15) is 9.59 Å². The molecule has 1 aliphatic heterocycles. The first kappa shape index (κ1) is 4.40. The normalized spacial score (nSPS) is 20.0. The summed E-state index contributed by atoms with van der Waals surface area (Å²) in [5.41, 5.74) is 0.311. The van der Waals surface area contributed by atoms with Crippen molar-refractivity contribution in [2.45, 2.75) is 0 Å². The highest BCUT2D eigenvalue weighted by Crippen LogP contribution is 2.26. The number of fused-ring (bicyclic) bond motifs is 1. The fraction of sp³-hybridized carbons (Fsp3) is 0.111. The minimum atomic E-state index is -2.61. The van der Waals surface area contributed by atoms with E-state index in [-0.39, 0.29) is 11.3 Å². The van der Waals surface area contributed by atoms with Crippen LogP contribution in [0.2, 0.25) is 0 Å². The fourth-order valence-corrected chi connectivity index (χ4v) is 1.19. The number of para-hydroxylation sites is 1. The molecule has 0 saturated carbocycles. The molecule has 1 heterocycles. The summed E-state index contributed by atoms with van der Waals surface area (Å²) in [6, 6.07) is 6.07. The van der Waals surface area contributed by atoms with Crippen molar-refractivity contribution in [2.75, 3.05) is 11.9 Å². The molecule has 0 radical (unpaired) electrons. The van der Waals surface area contributed by atoms with Gasteiger partial charge in [-0.25, -0.2) is 0 Å². The zero-order valence-corrected chi connectivity index (χ0v) is 6.07. The number of benzene rings is 1. The molecule has 0 unspecified atom stereocenters. The summed E-state index contributed by atoms with van der Waals surface area (Å²) in [5.74, 6) is -1.75. The molecule has 0 saturated heterocycles. The maximum absolute atomic E-state index is 11.4. The van der Waals surface area contributed by atoms with Crippen LogP contribution in [0, 0.1) is 0 Å². The molecule has 1 aliphatic rings. The van der Waals surface area contributed by atoms with Gasteiger partial charge < -0.3 is 4.90 Å². The number of anilines is 1. The van der Waals surface area contributed by atoms with Crippen molar-refractivity contribution >= 4 is 17.4 Å². The molecule has 0 aromatic heterocycles. The van der Waals surface area contributed by atoms with Crippen LogP contribution in [-0.2, 0) is 4.79 Å². The lowest BCUT2D eigenvalue weighted by atomic mass is 10.1. The maximum atomic E-state index is 11.4. The topological polar surface area (TPSA) is 37.4 Å². The Labute approximate surface area is 73.8 Å². The van der Waals surface area contributed by atoms with Gasteiger partial charge in [0.25, 0.3) is 11.7 Å². The van der Waals surface area contributed by atoms with Gasteiger partial charge >= 0.3 is 0 Å². The Morgan fingerprint density at radius 2 is 2.08 bits per heavy atom. The predicted molar refractivity (Wildman–Crippen MR) is 44.2 cm³/mol. The zero-order chi connectivity index (χ0) is 11.2. The van der Waals surface area contributed by atoms with Gasteiger partial charge in [-0.2, -0.15) is 0 Å². The summed E-state index contributed by atoms with van der Waals surface area (Å²) in [7, 11) is 0. The molecule has 0 atom stereocenters. The molecule has 1 amide bonds. The van der Waals surface area contributed by atoms with E-state index in [0.29, 0.717) is 4.90 Å². The highest BCUT2D eigenvalue weighted by molar-refractivity contribution is 6.52. The van der Waals surface area contributed by atoms with E-state index in [1.807, 2.05) is 0 Å². The lowest BCUT2D eigenvalue weighted by Crippen LogP contribution is -2.24. The van der Waals surface area contributed by atoms with E-state index in [1.165, 1.54) is 12.1 Å². The van der Waals surface area contributed by atoms with Gasteiger partial charge in [-0.3, -0.25) is 9.59 Å². The lowest BCUT2D eigenvalue weighted by molar-refractivity contribution is -0.114. The molecule has 2 rings (SSSR count). The van der Waals surface area contributed by atoms with Crippen molar-refractivity contribution in [3.05, 3.63) is 29.8 Å². The van der Waals surface area contributed by atoms with Crippen molar-refractivity contribution in [1.82, 2.24) is 0 Å². The van der Waals surface area contributed by atoms with Gasteiger partial charge in [0.1, 0.15) is 0 Å². The molecule has 3 nitrogen and oxygen atoms in total. The largest absolute Gasteiger partial charge is 0.308 e. The third-order valence-electron chi connectivity index (χ3n) is 1.79. The van der Waals surface area contributed by atoms with E-state index in [0.717, 1.165) is 0 Å². The monoisotopic (exact) mass is 164 g/mol. The van der Waals surface area contributed by atoms with E-state index in [4.69, 9.17) is 4.11 Å². The van der Waals surface area contributed by atoms with Crippen LogP contribution in [0.1, 0.15) is 14.5 Å². The first-order valence-electron chi connectivity index (χ1n) is 4.91. The van der Waals surface area contributed by atoms with Gasteiger partial charge in [0.15, 0.2) is 0 Å². The number of ketones is 1. The van der Waals surface area contributed by atoms with Crippen molar-refractivity contribution in [1.29, 1.82) is 0 Å². The Morgan fingerprint density at radius 3 is 2.83 bits per heavy atom. The Balaban J connectivity index is 2.62. The quantitative estimate of drug-likeness (QED) is 0.533. The molecule has 0 fully saturated rings. The minimum absolute atomic E-state index is 0.152. The third-order valence-corrected chi connectivity index (χ3v) is 1.79. The second-order valence-electron chi connectivity index (χ2n) is 2.49. The molecule has 0 bridgehead atoms. The average molecular weight is 164 g/mol. The van der Waals surface area contributed by atoms with Crippen LogP contribution in [-0.4, -0.2) is 18.7 Å². The van der Waals surface area contributed by atoms with Crippen molar-refractivity contribution in [2.24, 2.45) is 0 Å². The van der Waals surface area contributed by atoms with E-state index < -0.39 is 18.7 Å². The number of rotatable bonds is 0. The van der Waals surface area contributed by atoms with Crippen molar-refractivity contribution in [3.63, 3.8) is 0 Å². The molecule has 0 N–H and O–H groups in total. The number of nitrogens with zero attached hydrogens (tertiary/aromatic N) is 1. The fourth-order valence-electron chi connectivity index (χ4n) is 1.19. The lowest BCUT2D eigenvalue weighted by Gasteiger charge is -2.06. The van der Waals surface area contributed by atoms with E-state index in [1.54, 1.807) is 12.1 Å². The second kappa shape index (κ2) is 2.17. The second-order valence-corrected chi connectivity index (χ2v) is 2.49. The number of hydrogen-bond acceptors (Lipinski definition) is 2. The molecule has 12 heavy (non-hydrogen) atoms. The van der Waals surface area contributed by atoms with Crippen LogP contribution in [0.25, 0.3) is 0 Å². The maximum Gasteiger partial charge on any atom is 0.299 e. The van der Waals surface area contributed by atoms with Gasteiger partial charge in [-0.1, -0.05) is 12.1 Å². The van der Waals surface area contributed by atoms with Crippen LogP contribution >= 0.6 is 0 Å². The van der Waals surface area contributed by atoms with Crippen LogP contribution in [0.5, 0.6) is 0 Å². The summed E-state index contributed by atoms with van der Waals surface area (Å²) in [6.45, 7) is -2.61. The highest BCUT2D eigenvalue weighted by atomic mass is 16.2. The molecule has 60 valence electrons. The van der Waals surface area contributed by atoms with Gasteiger partial charge in [0, 0.05) is 11.1 Å². The number of likely N-dealkylation sites (N-methyl/N-ethyl adjacent to an activating group) is 1. The molecule has 3 heteroatoms. The molecular formula is C9H7NO2. The van der Waals surface area contributed by atoms with Crippen LogP contribution in [0.4, 0.5) is 5.69 Å². The number of Topliss-reactive ketones (excluding diaryl/α,β-unsaturated/α-hetero) is 1. The van der Waals surface area contributed by atoms with E-state index in [2.05, 4.69) is 0 Å². The first-order valence-corrected chi connectivity index (χ1v) is 3.41. The number of carbonyl (C=O) groups excluding carboxylic acids is 2. The van der Waals surface area contributed by atoms with Gasteiger partial charge in [0.2, 0.25) is 0 Å². The number of hydrogen-bond donors (Lipinski definition) is 0. The van der Waals surface area contributed by atoms with Gasteiger partial charge in [-0.15, -0.1) is 0 Å². The summed E-state index contributed by atoms with van der Waals surface area (Å²) in [4.78, 5) is 23.4. The molecule has 0 spiro atoms. The highest BCUT2D eigenvalue weighted by Gasteiger charge is 2.32. The summed E-state index contributed by atoms with van der Waals surface area (Å²) < 4.78 is 21.5. The molecule has 1 aromatic rings. The van der Waals surface area contributed by atoms with Crippen molar-refractivity contribution in [3.8, 4) is 0 Å². The molecule has 0 aliphatic carbocycles. The SMILES string of the molecule is [2H]C([2H])([2H])N1C(=O)C(=O)c2ccccc21.